The number of hydrogen-bond donors (Lipinski definition) is 0. The van der Waals surface area contributed by atoms with Crippen LogP contribution in [0.4, 0.5) is 11.4 Å². The van der Waals surface area contributed by atoms with Crippen LogP contribution in [-0.2, 0) is 0 Å². The Morgan fingerprint density at radius 2 is 1.23 bits per heavy atom. The van der Waals surface area contributed by atoms with Crippen molar-refractivity contribution in [1.29, 1.82) is 0 Å². The Bertz CT molecular complexity index is 1010. The van der Waals surface area contributed by atoms with E-state index in [-0.39, 0.29) is 16.3 Å². The first-order valence-corrected chi connectivity index (χ1v) is 17.4. The largest absolute Gasteiger partial charge is 0.284 e. The topological polar surface area (TPSA) is 86.3 Å². The van der Waals surface area contributed by atoms with E-state index in [1.807, 2.05) is 22.6 Å². The molecular weight excluding hydrogens is 539 g/mol. The summed E-state index contributed by atoms with van der Waals surface area (Å²) in [6.07, 6.45) is 5.12. The monoisotopic (exact) mass is 566 g/mol. The standard InChI is InChI=1S/C11H13NO2Si.C6H4INO2.C5H10Si/c1-15(2,3)9-8-10-6-4-5-7-11(10)12(13)14;7-5-3-1-2-4-6(5)8(9)10;1-5-6(2,3)4/h4-7H,1-3H3;1-4H;1H,2-4H3. The van der Waals surface area contributed by atoms with Crippen LogP contribution in [0.15, 0.2) is 48.5 Å². The molecule has 0 unspecified atom stereocenters. The van der Waals surface area contributed by atoms with Crippen molar-refractivity contribution in [3.63, 3.8) is 0 Å². The summed E-state index contributed by atoms with van der Waals surface area (Å²) in [6, 6.07) is 13.2. The van der Waals surface area contributed by atoms with Gasteiger partial charge in [0.05, 0.1) is 13.4 Å². The van der Waals surface area contributed by atoms with Gasteiger partial charge in [-0.15, -0.1) is 17.5 Å². The maximum atomic E-state index is 10.7. The van der Waals surface area contributed by atoms with Crippen LogP contribution in [-0.4, -0.2) is 26.0 Å². The first kappa shape index (κ1) is 28.5. The van der Waals surface area contributed by atoms with Crippen molar-refractivity contribution in [3.05, 3.63) is 77.9 Å². The summed E-state index contributed by atoms with van der Waals surface area (Å²) in [6.45, 7) is 12.8. The third-order valence-corrected chi connectivity index (χ3v) is 5.81. The summed E-state index contributed by atoms with van der Waals surface area (Å²) in [7, 11) is -2.58. The smallest absolute Gasteiger partial charge is 0.258 e. The van der Waals surface area contributed by atoms with E-state index < -0.39 is 21.1 Å². The van der Waals surface area contributed by atoms with E-state index in [0.29, 0.717) is 9.13 Å². The molecule has 9 heteroatoms. The third-order valence-electron chi connectivity index (χ3n) is 3.16. The van der Waals surface area contributed by atoms with Crippen LogP contribution in [0.1, 0.15) is 5.56 Å². The van der Waals surface area contributed by atoms with Gasteiger partial charge in [0.2, 0.25) is 0 Å². The number of para-hydroxylation sites is 2. The third kappa shape index (κ3) is 13.4. The van der Waals surface area contributed by atoms with Crippen molar-refractivity contribution < 1.29 is 9.85 Å². The fourth-order valence-corrected chi connectivity index (χ4v) is 2.69. The molecular formula is C22H27IN2O4Si2. The van der Waals surface area contributed by atoms with Crippen LogP contribution in [0.5, 0.6) is 0 Å². The quantitative estimate of drug-likeness (QED) is 0.136. The lowest BCUT2D eigenvalue weighted by molar-refractivity contribution is -0.385. The Hall–Kier alpha value is -2.48. The fraction of sp³-hybridized carbons (Fsp3) is 0.273. The zero-order chi connectivity index (χ0) is 24.2. The molecule has 0 saturated carbocycles. The van der Waals surface area contributed by atoms with E-state index in [0.717, 1.165) is 0 Å². The molecule has 6 nitrogen and oxygen atoms in total. The molecule has 0 spiro atoms. The molecule has 2 aromatic rings. The Balaban J connectivity index is 0.000000484. The SMILES string of the molecule is C#C[Si](C)(C)C.C[Si](C)(C)C#Cc1ccccc1[N+](=O)[O-].O=[N+]([O-])c1ccccc1I. The molecule has 2 rings (SSSR count). The van der Waals surface area contributed by atoms with Crippen LogP contribution >= 0.6 is 22.6 Å². The Labute approximate surface area is 199 Å². The van der Waals surface area contributed by atoms with Gasteiger partial charge in [0.15, 0.2) is 0 Å². The van der Waals surface area contributed by atoms with E-state index in [1.54, 1.807) is 36.4 Å². The number of halogens is 1. The van der Waals surface area contributed by atoms with Crippen molar-refractivity contribution in [3.8, 4) is 23.4 Å². The summed E-state index contributed by atoms with van der Waals surface area (Å²) in [4.78, 5) is 20.1. The Morgan fingerprint density at radius 3 is 1.58 bits per heavy atom. The van der Waals surface area contributed by atoms with E-state index in [1.165, 1.54) is 12.1 Å². The number of nitrogens with zero attached hydrogens (tertiary/aromatic N) is 2. The summed E-state index contributed by atoms with van der Waals surface area (Å²) in [5.74, 6) is 2.90. The zero-order valence-corrected chi connectivity index (χ0v) is 22.8. The summed E-state index contributed by atoms with van der Waals surface area (Å²) < 4.78 is 0.671. The van der Waals surface area contributed by atoms with Crippen molar-refractivity contribution in [1.82, 2.24) is 0 Å². The molecule has 31 heavy (non-hydrogen) atoms. The second-order valence-electron chi connectivity index (χ2n) is 8.38. The molecule has 0 aliphatic heterocycles. The van der Waals surface area contributed by atoms with Gasteiger partial charge in [-0.1, -0.05) is 69.5 Å². The molecule has 0 amide bonds. The normalized spacial score (nSPS) is 10.0. The average molecular weight is 567 g/mol. The Morgan fingerprint density at radius 1 is 0.806 bits per heavy atom. The number of nitro groups is 2. The highest BCUT2D eigenvalue weighted by molar-refractivity contribution is 14.1. The minimum atomic E-state index is -1.48. The second kappa shape index (κ2) is 13.0. The molecule has 164 valence electrons. The van der Waals surface area contributed by atoms with Crippen molar-refractivity contribution in [2.45, 2.75) is 39.3 Å². The van der Waals surface area contributed by atoms with Gasteiger partial charge >= 0.3 is 0 Å². The summed E-state index contributed by atoms with van der Waals surface area (Å²) in [5.41, 5.74) is 6.62. The summed E-state index contributed by atoms with van der Waals surface area (Å²) >= 11 is 1.93. The minimum Gasteiger partial charge on any atom is -0.258 e. The van der Waals surface area contributed by atoms with Crippen LogP contribution in [0.2, 0.25) is 39.3 Å². The molecule has 0 saturated heterocycles. The molecule has 0 aromatic heterocycles. The lowest BCUT2D eigenvalue weighted by Crippen LogP contribution is -2.16. The van der Waals surface area contributed by atoms with Gasteiger partial charge in [0.25, 0.3) is 11.4 Å². The zero-order valence-electron chi connectivity index (χ0n) is 18.6. The molecule has 0 heterocycles. The average Bonchev–Trinajstić information content (AvgIpc) is 2.66. The predicted octanol–water partition coefficient (Wildman–Crippen LogP) is 6.52. The predicted molar refractivity (Wildman–Crippen MR) is 141 cm³/mol. The molecule has 0 bridgehead atoms. The van der Waals surface area contributed by atoms with Gasteiger partial charge in [0.1, 0.15) is 21.7 Å². The minimum absolute atomic E-state index is 0.0863. The number of rotatable bonds is 2. The van der Waals surface area contributed by atoms with Crippen molar-refractivity contribution in [2.75, 3.05) is 0 Å². The highest BCUT2D eigenvalue weighted by Crippen LogP contribution is 2.18. The maximum Gasteiger partial charge on any atom is 0.284 e. The lowest BCUT2D eigenvalue weighted by Gasteiger charge is -2.03. The molecule has 0 N–H and O–H groups in total. The summed E-state index contributed by atoms with van der Waals surface area (Å²) in [5, 5.41) is 20.9. The number of terminal acetylenes is 1. The van der Waals surface area contributed by atoms with Gasteiger partial charge in [-0.3, -0.25) is 20.2 Å². The molecule has 2 aromatic carbocycles. The van der Waals surface area contributed by atoms with E-state index in [2.05, 4.69) is 56.3 Å². The van der Waals surface area contributed by atoms with Crippen molar-refractivity contribution in [2.24, 2.45) is 0 Å². The van der Waals surface area contributed by atoms with Gasteiger partial charge in [-0.2, -0.15) is 0 Å². The highest BCUT2D eigenvalue weighted by atomic mass is 127. The number of nitro benzene ring substituents is 2. The first-order chi connectivity index (χ1) is 14.2. The number of benzene rings is 2. The number of hydrogen-bond acceptors (Lipinski definition) is 4. The van der Waals surface area contributed by atoms with Crippen LogP contribution in [0.3, 0.4) is 0 Å². The molecule has 0 atom stereocenters. The van der Waals surface area contributed by atoms with Crippen LogP contribution in [0.25, 0.3) is 0 Å². The lowest BCUT2D eigenvalue weighted by atomic mass is 10.2. The molecule has 0 radical (unpaired) electrons. The molecule has 0 fully saturated rings. The fourth-order valence-electron chi connectivity index (χ4n) is 1.59. The van der Waals surface area contributed by atoms with Crippen LogP contribution < -0.4 is 0 Å². The maximum absolute atomic E-state index is 10.7. The van der Waals surface area contributed by atoms with Gasteiger partial charge in [-0.25, -0.2) is 0 Å². The van der Waals surface area contributed by atoms with E-state index >= 15 is 0 Å². The van der Waals surface area contributed by atoms with Crippen LogP contribution in [0, 0.1) is 47.2 Å². The molecule has 0 aliphatic rings. The Kier molecular flexibility index (Phi) is 12.0. The highest BCUT2D eigenvalue weighted by Gasteiger charge is 2.12. The van der Waals surface area contributed by atoms with Gasteiger partial charge in [0, 0.05) is 12.1 Å². The first-order valence-electron chi connectivity index (χ1n) is 9.31. The molecule has 0 aliphatic carbocycles. The van der Waals surface area contributed by atoms with Gasteiger partial charge < -0.3 is 0 Å². The van der Waals surface area contributed by atoms with E-state index in [9.17, 15) is 20.2 Å². The van der Waals surface area contributed by atoms with E-state index in [4.69, 9.17) is 6.42 Å². The van der Waals surface area contributed by atoms with Gasteiger partial charge in [-0.05, 0) is 34.7 Å². The second-order valence-corrected chi connectivity index (χ2v) is 19.1. The van der Waals surface area contributed by atoms with Crippen molar-refractivity contribution >= 4 is 50.1 Å².